The van der Waals surface area contributed by atoms with Gasteiger partial charge in [0.15, 0.2) is 0 Å². The first-order valence-electron chi connectivity index (χ1n) is 8.73. The molecule has 0 N–H and O–H groups in total. The van der Waals surface area contributed by atoms with E-state index in [4.69, 9.17) is 16.3 Å². The quantitative estimate of drug-likeness (QED) is 0.777. The third-order valence-electron chi connectivity index (χ3n) is 4.72. The number of carbonyl (C=O) groups excluding carboxylic acids is 1. The van der Waals surface area contributed by atoms with Crippen LogP contribution in [-0.4, -0.2) is 74.1 Å². The van der Waals surface area contributed by atoms with E-state index in [0.717, 1.165) is 0 Å². The highest BCUT2D eigenvalue weighted by Gasteiger charge is 2.44. The van der Waals surface area contributed by atoms with Crippen LogP contribution in [0.2, 0.25) is 5.02 Å². The zero-order valence-corrected chi connectivity index (χ0v) is 16.5. The third kappa shape index (κ3) is 3.69. The molecular weight excluding hydrogens is 378 g/mol. The Balaban J connectivity index is 1.86. The van der Waals surface area contributed by atoms with Gasteiger partial charge in [0.2, 0.25) is 10.0 Å². The molecule has 0 radical (unpaired) electrons. The fraction of sp³-hybridized carbons (Fsp3) is 0.588. The first-order chi connectivity index (χ1) is 12.3. The van der Waals surface area contributed by atoms with Gasteiger partial charge in [0.1, 0.15) is 6.17 Å². The van der Waals surface area contributed by atoms with Crippen LogP contribution in [0.15, 0.2) is 29.2 Å². The Labute approximate surface area is 159 Å². The van der Waals surface area contributed by atoms with Gasteiger partial charge in [-0.15, -0.1) is 0 Å². The highest BCUT2D eigenvalue weighted by atomic mass is 35.5. The Morgan fingerprint density at radius 3 is 2.31 bits per heavy atom. The van der Waals surface area contributed by atoms with Crippen LogP contribution >= 0.6 is 11.6 Å². The number of ether oxygens (including phenoxy) is 1. The molecule has 1 atom stereocenters. The molecule has 1 aromatic rings. The van der Waals surface area contributed by atoms with Gasteiger partial charge < -0.3 is 14.5 Å². The van der Waals surface area contributed by atoms with Crippen LogP contribution in [0.25, 0.3) is 0 Å². The van der Waals surface area contributed by atoms with E-state index < -0.39 is 16.2 Å². The summed E-state index contributed by atoms with van der Waals surface area (Å²) in [6.45, 7) is 6.61. The van der Waals surface area contributed by atoms with Gasteiger partial charge in [-0.3, -0.25) is 0 Å². The summed E-state index contributed by atoms with van der Waals surface area (Å²) in [5.74, 6) is -0.0374. The number of benzene rings is 1. The van der Waals surface area contributed by atoms with Crippen LogP contribution in [0.3, 0.4) is 0 Å². The number of hydrogen-bond donors (Lipinski definition) is 0. The fourth-order valence-electron chi connectivity index (χ4n) is 3.47. The summed E-state index contributed by atoms with van der Waals surface area (Å²) in [4.78, 5) is 16.5. The lowest BCUT2D eigenvalue weighted by molar-refractivity contribution is 0.0370. The van der Waals surface area contributed by atoms with Gasteiger partial charge >= 0.3 is 6.03 Å². The number of carbonyl (C=O) groups is 1. The lowest BCUT2D eigenvalue weighted by Crippen LogP contribution is -2.53. The molecule has 0 saturated carbocycles. The first kappa shape index (κ1) is 19.4. The minimum atomic E-state index is -3.71. The number of hydrogen-bond acceptors (Lipinski definition) is 4. The number of amides is 2. The molecule has 0 aliphatic carbocycles. The number of sulfonamides is 1. The SMILES string of the molecule is CC(C)[C@@H]1N(C(=O)N2CCOCC2)CCN1S(=O)(=O)c1ccc(Cl)cc1. The first-order valence-corrected chi connectivity index (χ1v) is 10.5. The van der Waals surface area contributed by atoms with Crippen LogP contribution < -0.4 is 0 Å². The van der Waals surface area contributed by atoms with Crippen LogP contribution in [0.1, 0.15) is 13.8 Å². The van der Waals surface area contributed by atoms with Crippen molar-refractivity contribution in [2.75, 3.05) is 39.4 Å². The number of rotatable bonds is 3. The molecule has 2 fully saturated rings. The van der Waals surface area contributed by atoms with Crippen molar-refractivity contribution in [3.63, 3.8) is 0 Å². The number of halogens is 1. The molecule has 0 unspecified atom stereocenters. The van der Waals surface area contributed by atoms with Crippen LogP contribution in [0.5, 0.6) is 0 Å². The van der Waals surface area contributed by atoms with Crippen molar-refractivity contribution >= 4 is 27.7 Å². The molecule has 2 aliphatic rings. The Hall–Kier alpha value is -1.35. The zero-order chi connectivity index (χ0) is 18.9. The van der Waals surface area contributed by atoms with Crippen molar-refractivity contribution in [3.05, 3.63) is 29.3 Å². The molecule has 144 valence electrons. The molecular formula is C17H24ClN3O4S. The van der Waals surface area contributed by atoms with E-state index in [1.165, 1.54) is 16.4 Å². The maximum absolute atomic E-state index is 13.1. The smallest absolute Gasteiger partial charge is 0.321 e. The van der Waals surface area contributed by atoms with Crippen LogP contribution in [-0.2, 0) is 14.8 Å². The van der Waals surface area contributed by atoms with Gasteiger partial charge in [-0.25, -0.2) is 13.2 Å². The van der Waals surface area contributed by atoms with E-state index in [9.17, 15) is 13.2 Å². The number of nitrogens with zero attached hydrogens (tertiary/aromatic N) is 3. The van der Waals surface area contributed by atoms with Crippen LogP contribution in [0, 0.1) is 5.92 Å². The standard InChI is InChI=1S/C17H24ClN3O4S/c1-13(2)16-20(17(22)19-9-11-25-12-10-19)7-8-21(16)26(23,24)15-5-3-14(18)4-6-15/h3-6,13,16H,7-12H2,1-2H3/t16-/m1/s1. The molecule has 7 nitrogen and oxygen atoms in total. The largest absolute Gasteiger partial charge is 0.378 e. The Morgan fingerprint density at radius 1 is 1.12 bits per heavy atom. The topological polar surface area (TPSA) is 70.2 Å². The van der Waals surface area contributed by atoms with Gasteiger partial charge in [-0.2, -0.15) is 4.31 Å². The molecule has 0 bridgehead atoms. The Morgan fingerprint density at radius 2 is 1.73 bits per heavy atom. The summed E-state index contributed by atoms with van der Waals surface area (Å²) < 4.78 is 33.0. The van der Waals surface area contributed by atoms with Crippen molar-refractivity contribution in [2.45, 2.75) is 24.9 Å². The predicted octanol–water partition coefficient (Wildman–Crippen LogP) is 2.08. The summed E-state index contributed by atoms with van der Waals surface area (Å²) in [7, 11) is -3.71. The maximum atomic E-state index is 13.1. The summed E-state index contributed by atoms with van der Waals surface area (Å²) in [5, 5.41) is 0.481. The second-order valence-electron chi connectivity index (χ2n) is 6.80. The molecule has 2 aliphatic heterocycles. The minimum Gasteiger partial charge on any atom is -0.378 e. The van der Waals surface area contributed by atoms with Crippen molar-refractivity contribution in [1.82, 2.24) is 14.1 Å². The van der Waals surface area contributed by atoms with E-state index in [1.807, 2.05) is 13.8 Å². The molecule has 1 aromatic carbocycles. The second kappa shape index (κ2) is 7.72. The second-order valence-corrected chi connectivity index (χ2v) is 9.13. The Bertz CT molecular complexity index is 748. The van der Waals surface area contributed by atoms with Gasteiger partial charge in [0, 0.05) is 31.2 Å². The molecule has 2 amide bonds. The van der Waals surface area contributed by atoms with Crippen molar-refractivity contribution in [2.24, 2.45) is 5.92 Å². The normalized spacial score (nSPS) is 22.2. The maximum Gasteiger partial charge on any atom is 0.321 e. The zero-order valence-electron chi connectivity index (χ0n) is 15.0. The predicted molar refractivity (Wildman–Crippen MR) is 98.5 cm³/mol. The van der Waals surface area contributed by atoms with Gasteiger partial charge in [0.25, 0.3) is 0 Å². The lowest BCUT2D eigenvalue weighted by Gasteiger charge is -2.37. The molecule has 3 rings (SSSR count). The molecule has 2 heterocycles. The molecule has 0 aromatic heterocycles. The molecule has 0 spiro atoms. The monoisotopic (exact) mass is 401 g/mol. The summed E-state index contributed by atoms with van der Waals surface area (Å²) in [6, 6.07) is 6.00. The van der Waals surface area contributed by atoms with E-state index >= 15 is 0 Å². The fourth-order valence-corrected chi connectivity index (χ4v) is 5.31. The van der Waals surface area contributed by atoms with Crippen molar-refractivity contribution in [1.29, 1.82) is 0 Å². The summed E-state index contributed by atoms with van der Waals surface area (Å²) >= 11 is 5.87. The Kier molecular flexibility index (Phi) is 5.76. The van der Waals surface area contributed by atoms with Crippen molar-refractivity contribution < 1.29 is 17.9 Å². The van der Waals surface area contributed by atoms with Gasteiger partial charge in [-0.1, -0.05) is 25.4 Å². The average molecular weight is 402 g/mol. The van der Waals surface area contributed by atoms with E-state index in [-0.39, 0.29) is 23.4 Å². The van der Waals surface area contributed by atoms with E-state index in [1.54, 1.807) is 21.9 Å². The summed E-state index contributed by atoms with van der Waals surface area (Å²) in [5.41, 5.74) is 0. The van der Waals surface area contributed by atoms with Crippen LogP contribution in [0.4, 0.5) is 4.79 Å². The molecule has 26 heavy (non-hydrogen) atoms. The average Bonchev–Trinajstić information content (AvgIpc) is 3.08. The highest BCUT2D eigenvalue weighted by Crippen LogP contribution is 2.30. The van der Waals surface area contributed by atoms with Crippen molar-refractivity contribution in [3.8, 4) is 0 Å². The summed E-state index contributed by atoms with van der Waals surface area (Å²) in [6.07, 6.45) is -0.508. The van der Waals surface area contributed by atoms with E-state index in [2.05, 4.69) is 0 Å². The number of urea groups is 1. The van der Waals surface area contributed by atoms with Gasteiger partial charge in [-0.05, 0) is 30.2 Å². The molecule has 2 saturated heterocycles. The number of morpholine rings is 1. The lowest BCUT2D eigenvalue weighted by atomic mass is 10.1. The molecule has 9 heteroatoms. The van der Waals surface area contributed by atoms with E-state index in [0.29, 0.717) is 37.9 Å². The highest BCUT2D eigenvalue weighted by molar-refractivity contribution is 7.89. The minimum absolute atomic E-state index is 0.0374. The third-order valence-corrected chi connectivity index (χ3v) is 6.86. The van der Waals surface area contributed by atoms with Gasteiger partial charge in [0.05, 0.1) is 18.1 Å².